The highest BCUT2D eigenvalue weighted by molar-refractivity contribution is 5.80. The maximum absolute atomic E-state index is 13.4. The third-order valence-electron chi connectivity index (χ3n) is 4.53. The van der Waals surface area contributed by atoms with E-state index in [1.54, 1.807) is 18.3 Å². The van der Waals surface area contributed by atoms with E-state index in [1.807, 2.05) is 30.5 Å². The van der Waals surface area contributed by atoms with Crippen molar-refractivity contribution < 1.29 is 4.39 Å². The maximum atomic E-state index is 13.4. The van der Waals surface area contributed by atoms with Crippen molar-refractivity contribution in [2.24, 2.45) is 0 Å². The number of imidazole rings is 1. The first-order valence-corrected chi connectivity index (χ1v) is 9.42. The van der Waals surface area contributed by atoms with Gasteiger partial charge in [0, 0.05) is 24.0 Å². The van der Waals surface area contributed by atoms with Gasteiger partial charge < -0.3 is 5.32 Å². The van der Waals surface area contributed by atoms with Gasteiger partial charge in [-0.05, 0) is 68.3 Å². The molecule has 0 spiro atoms. The third kappa shape index (κ3) is 3.45. The number of fused-ring (bicyclic) bond motifs is 1. The Hall–Kier alpha value is -3.28. The second-order valence-corrected chi connectivity index (χ2v) is 7.00. The van der Waals surface area contributed by atoms with Gasteiger partial charge in [0.1, 0.15) is 11.5 Å². The Balaban J connectivity index is 1.95. The predicted octanol–water partition coefficient (Wildman–Crippen LogP) is 4.98. The first-order valence-electron chi connectivity index (χ1n) is 9.42. The zero-order valence-corrected chi connectivity index (χ0v) is 16.1. The van der Waals surface area contributed by atoms with Crippen LogP contribution in [0.3, 0.4) is 0 Å². The lowest BCUT2D eigenvalue weighted by molar-refractivity contribution is 0.628. The van der Waals surface area contributed by atoms with Crippen LogP contribution in [-0.2, 0) is 6.42 Å². The highest BCUT2D eigenvalue weighted by Crippen LogP contribution is 2.32. The highest BCUT2D eigenvalue weighted by atomic mass is 19.1. The van der Waals surface area contributed by atoms with E-state index in [9.17, 15) is 4.39 Å². The number of halogens is 1. The highest BCUT2D eigenvalue weighted by Gasteiger charge is 2.18. The number of rotatable bonds is 5. The van der Waals surface area contributed by atoms with Gasteiger partial charge in [-0.25, -0.2) is 19.3 Å². The van der Waals surface area contributed by atoms with Gasteiger partial charge in [-0.2, -0.15) is 0 Å². The van der Waals surface area contributed by atoms with Crippen molar-refractivity contribution in [1.29, 1.82) is 0 Å². The summed E-state index contributed by atoms with van der Waals surface area (Å²) in [7, 11) is 0. The minimum Gasteiger partial charge on any atom is -0.352 e. The molecule has 142 valence electrons. The molecule has 1 aromatic carbocycles. The summed E-state index contributed by atoms with van der Waals surface area (Å²) in [6.45, 7) is 6.20. The zero-order chi connectivity index (χ0) is 19.7. The van der Waals surface area contributed by atoms with Crippen LogP contribution in [-0.4, -0.2) is 25.4 Å². The van der Waals surface area contributed by atoms with Gasteiger partial charge in [0.15, 0.2) is 0 Å². The van der Waals surface area contributed by atoms with E-state index in [0.29, 0.717) is 5.95 Å². The van der Waals surface area contributed by atoms with Crippen LogP contribution in [0, 0.1) is 5.82 Å². The van der Waals surface area contributed by atoms with Gasteiger partial charge in [-0.1, -0.05) is 6.92 Å². The number of hydrogen-bond donors (Lipinski definition) is 1. The van der Waals surface area contributed by atoms with Gasteiger partial charge >= 0.3 is 0 Å². The molecule has 3 heterocycles. The smallest absolute Gasteiger partial charge is 0.223 e. The fourth-order valence-electron chi connectivity index (χ4n) is 3.18. The molecule has 0 saturated heterocycles. The van der Waals surface area contributed by atoms with E-state index >= 15 is 0 Å². The summed E-state index contributed by atoms with van der Waals surface area (Å²) in [6.07, 6.45) is 4.68. The molecule has 0 unspecified atom stereocenters. The van der Waals surface area contributed by atoms with Crippen LogP contribution in [0.5, 0.6) is 0 Å². The third-order valence-corrected chi connectivity index (χ3v) is 4.53. The quantitative estimate of drug-likeness (QED) is 0.534. The standard InChI is InChI=1S/C22H22FN5/c1-4-15-10-12-28-19(13-15)27-20(16-5-7-17(23)8-6-16)21(28)18-9-11-24-22(26-18)25-14(2)3/h5-14H,4H2,1-3H3,(H,24,25,26). The SMILES string of the molecule is CCc1ccn2c(-c3ccnc(NC(C)C)n3)c(-c3ccc(F)cc3)nc2c1. The Morgan fingerprint density at radius 3 is 2.57 bits per heavy atom. The van der Waals surface area contributed by atoms with E-state index in [1.165, 1.54) is 17.7 Å². The van der Waals surface area contributed by atoms with Crippen LogP contribution in [0.2, 0.25) is 0 Å². The van der Waals surface area contributed by atoms with Crippen molar-refractivity contribution in [2.45, 2.75) is 33.2 Å². The van der Waals surface area contributed by atoms with Crippen molar-refractivity contribution in [2.75, 3.05) is 5.32 Å². The summed E-state index contributed by atoms with van der Waals surface area (Å²) in [5.41, 5.74) is 5.27. The molecular weight excluding hydrogens is 353 g/mol. The fourth-order valence-corrected chi connectivity index (χ4v) is 3.18. The maximum Gasteiger partial charge on any atom is 0.223 e. The number of benzene rings is 1. The second kappa shape index (κ2) is 7.38. The second-order valence-electron chi connectivity index (χ2n) is 7.00. The molecule has 3 aromatic heterocycles. The topological polar surface area (TPSA) is 55.1 Å². The fraction of sp³-hybridized carbons (Fsp3) is 0.227. The van der Waals surface area contributed by atoms with Crippen molar-refractivity contribution in [1.82, 2.24) is 19.4 Å². The summed E-state index contributed by atoms with van der Waals surface area (Å²) in [5, 5.41) is 3.24. The molecule has 0 amide bonds. The molecule has 6 heteroatoms. The number of nitrogens with one attached hydrogen (secondary N) is 1. The largest absolute Gasteiger partial charge is 0.352 e. The van der Waals surface area contributed by atoms with Gasteiger partial charge in [-0.3, -0.25) is 4.40 Å². The minimum absolute atomic E-state index is 0.223. The Bertz CT molecular complexity index is 1120. The van der Waals surface area contributed by atoms with E-state index in [0.717, 1.165) is 34.7 Å². The average Bonchev–Trinajstić information content (AvgIpc) is 3.06. The van der Waals surface area contributed by atoms with Crippen LogP contribution in [0.15, 0.2) is 54.9 Å². The summed E-state index contributed by atoms with van der Waals surface area (Å²) in [5.74, 6) is 0.297. The number of aromatic nitrogens is 4. The van der Waals surface area contributed by atoms with Crippen molar-refractivity contribution in [3.8, 4) is 22.6 Å². The minimum atomic E-state index is -0.271. The van der Waals surface area contributed by atoms with Crippen LogP contribution in [0.4, 0.5) is 10.3 Å². The van der Waals surface area contributed by atoms with E-state index in [-0.39, 0.29) is 11.9 Å². The zero-order valence-electron chi connectivity index (χ0n) is 16.1. The van der Waals surface area contributed by atoms with Crippen molar-refractivity contribution in [3.63, 3.8) is 0 Å². The Kier molecular flexibility index (Phi) is 4.77. The summed E-state index contributed by atoms with van der Waals surface area (Å²) < 4.78 is 15.5. The van der Waals surface area contributed by atoms with Crippen LogP contribution in [0.1, 0.15) is 26.3 Å². The lowest BCUT2D eigenvalue weighted by Crippen LogP contribution is -2.12. The molecule has 5 nitrogen and oxygen atoms in total. The molecule has 0 aliphatic heterocycles. The van der Waals surface area contributed by atoms with Crippen LogP contribution >= 0.6 is 0 Å². The number of aryl methyl sites for hydroxylation is 1. The first kappa shape index (κ1) is 18.1. The molecule has 0 saturated carbocycles. The van der Waals surface area contributed by atoms with Crippen LogP contribution < -0.4 is 5.32 Å². The summed E-state index contributed by atoms with van der Waals surface area (Å²) in [6, 6.07) is 12.6. The molecule has 4 aromatic rings. The molecule has 0 atom stereocenters. The average molecular weight is 375 g/mol. The van der Waals surface area contributed by atoms with Gasteiger partial charge in [0.25, 0.3) is 0 Å². The normalized spacial score (nSPS) is 11.3. The molecular formula is C22H22FN5. The molecule has 28 heavy (non-hydrogen) atoms. The number of hydrogen-bond acceptors (Lipinski definition) is 4. The lowest BCUT2D eigenvalue weighted by Gasteiger charge is -2.10. The van der Waals surface area contributed by atoms with E-state index < -0.39 is 0 Å². The lowest BCUT2D eigenvalue weighted by atomic mass is 10.1. The molecule has 0 aliphatic carbocycles. The molecule has 4 rings (SSSR count). The number of pyridine rings is 1. The van der Waals surface area contributed by atoms with Gasteiger partial charge in [0.05, 0.1) is 17.1 Å². The Morgan fingerprint density at radius 1 is 1.07 bits per heavy atom. The number of anilines is 1. The first-order chi connectivity index (χ1) is 13.5. The molecule has 0 bridgehead atoms. The Labute approximate surface area is 163 Å². The van der Waals surface area contributed by atoms with E-state index in [2.05, 4.69) is 29.4 Å². The Morgan fingerprint density at radius 2 is 1.86 bits per heavy atom. The summed E-state index contributed by atoms with van der Waals surface area (Å²) >= 11 is 0. The molecule has 0 fully saturated rings. The number of nitrogens with zero attached hydrogens (tertiary/aromatic N) is 4. The van der Waals surface area contributed by atoms with Crippen LogP contribution in [0.25, 0.3) is 28.3 Å². The monoisotopic (exact) mass is 375 g/mol. The summed E-state index contributed by atoms with van der Waals surface area (Å²) in [4.78, 5) is 13.9. The van der Waals surface area contributed by atoms with Crippen molar-refractivity contribution in [3.05, 3.63) is 66.2 Å². The molecule has 0 radical (unpaired) electrons. The molecule has 0 aliphatic rings. The van der Waals surface area contributed by atoms with E-state index in [4.69, 9.17) is 9.97 Å². The predicted molar refractivity (Wildman–Crippen MR) is 110 cm³/mol. The van der Waals surface area contributed by atoms with Gasteiger partial charge in [0.2, 0.25) is 5.95 Å². The van der Waals surface area contributed by atoms with Gasteiger partial charge in [-0.15, -0.1) is 0 Å². The molecule has 1 N–H and O–H groups in total. The van der Waals surface area contributed by atoms with Crippen molar-refractivity contribution >= 4 is 11.6 Å².